The van der Waals surface area contributed by atoms with Crippen molar-refractivity contribution in [1.82, 2.24) is 0 Å². The van der Waals surface area contributed by atoms with Crippen LogP contribution >= 0.6 is 11.6 Å². The molecule has 0 spiro atoms. The summed E-state index contributed by atoms with van der Waals surface area (Å²) in [5.74, 6) is 0.880. The second-order valence-electron chi connectivity index (χ2n) is 5.32. The minimum atomic E-state index is 0.811. The zero-order chi connectivity index (χ0) is 15.0. The lowest BCUT2D eigenvalue weighted by Crippen LogP contribution is -2.03. The zero-order valence-electron chi connectivity index (χ0n) is 12.2. The van der Waals surface area contributed by atoms with Crippen LogP contribution in [0.25, 0.3) is 11.1 Å². The fraction of sp³-hybridized carbons (Fsp3) is 0.158. The first kappa shape index (κ1) is 14.0. The van der Waals surface area contributed by atoms with E-state index >= 15 is 0 Å². The molecule has 0 amide bonds. The number of rotatable bonds is 2. The number of methoxy groups -OCH3 is 1. The molecule has 1 nitrogen and oxygen atoms in total. The molecule has 0 fully saturated rings. The molecule has 0 aliphatic heterocycles. The van der Waals surface area contributed by atoms with Gasteiger partial charge in [0.2, 0.25) is 0 Å². The van der Waals surface area contributed by atoms with Crippen LogP contribution in [0.4, 0.5) is 0 Å². The van der Waals surface area contributed by atoms with Crippen LogP contribution in [0.5, 0.6) is 5.75 Å². The van der Waals surface area contributed by atoms with Crippen LogP contribution in [0, 0.1) is 6.92 Å². The molecule has 2 heteroatoms. The van der Waals surface area contributed by atoms with Crippen molar-refractivity contribution in [2.45, 2.75) is 13.3 Å². The molecule has 0 saturated heterocycles. The smallest absolute Gasteiger partial charge is 0.119 e. The summed E-state index contributed by atoms with van der Waals surface area (Å²) in [6.07, 6.45) is 2.99. The van der Waals surface area contributed by atoms with Gasteiger partial charge < -0.3 is 4.74 Å². The molecule has 2 aromatic rings. The molecule has 21 heavy (non-hydrogen) atoms. The van der Waals surface area contributed by atoms with Crippen molar-refractivity contribution in [3.8, 4) is 5.75 Å². The second-order valence-corrected chi connectivity index (χ2v) is 5.73. The van der Waals surface area contributed by atoms with Crippen LogP contribution < -0.4 is 4.74 Å². The predicted molar refractivity (Wildman–Crippen MR) is 89.9 cm³/mol. The Morgan fingerprint density at radius 1 is 1.14 bits per heavy atom. The molecule has 0 atom stereocenters. The van der Waals surface area contributed by atoms with E-state index in [1.165, 1.54) is 16.7 Å². The van der Waals surface area contributed by atoms with Crippen LogP contribution in [0.1, 0.15) is 22.3 Å². The first-order chi connectivity index (χ1) is 10.1. The molecule has 0 saturated carbocycles. The molecule has 1 aliphatic rings. The van der Waals surface area contributed by atoms with Gasteiger partial charge >= 0.3 is 0 Å². The molecule has 0 bridgehead atoms. The van der Waals surface area contributed by atoms with Gasteiger partial charge in [-0.3, -0.25) is 0 Å². The van der Waals surface area contributed by atoms with Crippen molar-refractivity contribution in [2.24, 2.45) is 0 Å². The lowest BCUT2D eigenvalue weighted by atomic mass is 9.84. The van der Waals surface area contributed by atoms with Gasteiger partial charge in [0.1, 0.15) is 5.75 Å². The van der Waals surface area contributed by atoms with E-state index in [-0.39, 0.29) is 0 Å². The lowest BCUT2D eigenvalue weighted by Gasteiger charge is -2.21. The molecule has 0 heterocycles. The Morgan fingerprint density at radius 2 is 1.95 bits per heavy atom. The second kappa shape index (κ2) is 5.42. The van der Waals surface area contributed by atoms with Crippen molar-refractivity contribution in [3.05, 3.63) is 76.3 Å². The molecule has 0 radical (unpaired) electrons. The molecular formula is C19H17ClO. The third kappa shape index (κ3) is 2.50. The summed E-state index contributed by atoms with van der Waals surface area (Å²) in [5.41, 5.74) is 7.01. The maximum absolute atomic E-state index is 6.36. The third-order valence-corrected chi connectivity index (χ3v) is 4.31. The van der Waals surface area contributed by atoms with E-state index in [9.17, 15) is 0 Å². The van der Waals surface area contributed by atoms with Gasteiger partial charge in [-0.2, -0.15) is 0 Å². The first-order valence-corrected chi connectivity index (χ1v) is 7.30. The molecule has 0 unspecified atom stereocenters. The summed E-state index contributed by atoms with van der Waals surface area (Å²) in [4.78, 5) is 0. The number of hydrogen-bond acceptors (Lipinski definition) is 1. The van der Waals surface area contributed by atoms with Crippen LogP contribution in [-0.4, -0.2) is 7.11 Å². The molecule has 0 aromatic heterocycles. The number of benzene rings is 2. The fourth-order valence-electron chi connectivity index (χ4n) is 2.87. The molecule has 106 valence electrons. The summed E-state index contributed by atoms with van der Waals surface area (Å²) >= 11 is 6.36. The van der Waals surface area contributed by atoms with Crippen LogP contribution in [0.15, 0.2) is 49.1 Å². The Balaban J connectivity index is 2.06. The summed E-state index contributed by atoms with van der Waals surface area (Å²) < 4.78 is 5.28. The molecular weight excluding hydrogens is 280 g/mol. The maximum Gasteiger partial charge on any atom is 0.119 e. The van der Waals surface area contributed by atoms with Crippen molar-refractivity contribution >= 4 is 22.7 Å². The van der Waals surface area contributed by atoms with E-state index < -0.39 is 0 Å². The average Bonchev–Trinajstić information content (AvgIpc) is 2.48. The number of allylic oxidation sites excluding steroid dienone is 3. The monoisotopic (exact) mass is 296 g/mol. The number of fused-ring (bicyclic) bond motifs is 1. The highest BCUT2D eigenvalue weighted by Crippen LogP contribution is 2.37. The van der Waals surface area contributed by atoms with E-state index in [1.54, 1.807) is 7.11 Å². The number of hydrogen-bond donors (Lipinski definition) is 0. The topological polar surface area (TPSA) is 9.23 Å². The van der Waals surface area contributed by atoms with Crippen LogP contribution in [-0.2, 0) is 6.42 Å². The molecule has 3 rings (SSSR count). The van der Waals surface area contributed by atoms with E-state index in [4.69, 9.17) is 16.3 Å². The van der Waals surface area contributed by atoms with Crippen LogP contribution in [0.3, 0.4) is 0 Å². The minimum absolute atomic E-state index is 0.811. The summed E-state index contributed by atoms with van der Waals surface area (Å²) in [7, 11) is 1.69. The largest absolute Gasteiger partial charge is 0.497 e. The summed E-state index contributed by atoms with van der Waals surface area (Å²) in [6.45, 7) is 6.28. The van der Waals surface area contributed by atoms with Gasteiger partial charge in [-0.15, -0.1) is 0 Å². The van der Waals surface area contributed by atoms with Crippen molar-refractivity contribution in [1.29, 1.82) is 0 Å². The quantitative estimate of drug-likeness (QED) is 0.730. The van der Waals surface area contributed by atoms with E-state index in [2.05, 4.69) is 37.8 Å². The van der Waals surface area contributed by atoms with Gasteiger partial charge in [0.25, 0.3) is 0 Å². The maximum atomic E-state index is 6.36. The summed E-state index contributed by atoms with van der Waals surface area (Å²) in [5, 5.41) is 0.811. The Bertz CT molecular complexity index is 756. The SMILES string of the molecule is C=C1C=C(c2ccc(OC)cc2C)Cc2c(Cl)cccc21. The normalized spacial score (nSPS) is 13.7. The number of aryl methyl sites for hydroxylation is 1. The minimum Gasteiger partial charge on any atom is -0.497 e. The third-order valence-electron chi connectivity index (χ3n) is 3.96. The van der Waals surface area contributed by atoms with Gasteiger partial charge in [0, 0.05) is 11.4 Å². The van der Waals surface area contributed by atoms with E-state index in [0.717, 1.165) is 33.9 Å². The average molecular weight is 297 g/mol. The first-order valence-electron chi connectivity index (χ1n) is 6.92. The standard InChI is InChI=1S/C19H17ClO/c1-12-9-14(11-18-17(12)5-4-6-19(18)20)16-8-7-15(21-3)10-13(16)2/h4-10H,1,11H2,2-3H3. The highest BCUT2D eigenvalue weighted by Gasteiger charge is 2.18. The zero-order valence-corrected chi connectivity index (χ0v) is 13.0. The summed E-state index contributed by atoms with van der Waals surface area (Å²) in [6, 6.07) is 12.2. The van der Waals surface area contributed by atoms with Gasteiger partial charge in [-0.25, -0.2) is 0 Å². The van der Waals surface area contributed by atoms with Crippen molar-refractivity contribution in [2.75, 3.05) is 7.11 Å². The van der Waals surface area contributed by atoms with Crippen LogP contribution in [0.2, 0.25) is 5.02 Å². The Labute approximate surface area is 130 Å². The Kier molecular flexibility index (Phi) is 3.60. The molecule has 0 N–H and O–H groups in total. The van der Waals surface area contributed by atoms with Gasteiger partial charge in [0.15, 0.2) is 0 Å². The highest BCUT2D eigenvalue weighted by atomic mass is 35.5. The number of ether oxygens (including phenoxy) is 1. The van der Waals surface area contributed by atoms with Gasteiger partial charge in [-0.05, 0) is 58.5 Å². The predicted octanol–water partition coefficient (Wildman–Crippen LogP) is 5.31. The van der Waals surface area contributed by atoms with Gasteiger partial charge in [-0.1, -0.05) is 42.5 Å². The number of halogens is 1. The van der Waals surface area contributed by atoms with E-state index in [0.29, 0.717) is 0 Å². The molecule has 1 aliphatic carbocycles. The Morgan fingerprint density at radius 3 is 2.67 bits per heavy atom. The lowest BCUT2D eigenvalue weighted by molar-refractivity contribution is 0.414. The van der Waals surface area contributed by atoms with Gasteiger partial charge in [0.05, 0.1) is 7.11 Å². The fourth-order valence-corrected chi connectivity index (χ4v) is 3.11. The molecule has 2 aromatic carbocycles. The Hall–Kier alpha value is -1.99. The van der Waals surface area contributed by atoms with E-state index in [1.807, 2.05) is 18.2 Å². The van der Waals surface area contributed by atoms with Crippen molar-refractivity contribution < 1.29 is 4.74 Å². The van der Waals surface area contributed by atoms with Crippen molar-refractivity contribution in [3.63, 3.8) is 0 Å². The highest BCUT2D eigenvalue weighted by molar-refractivity contribution is 6.31.